The monoisotopic (exact) mass is 504 g/mol. The van der Waals surface area contributed by atoms with Crippen LogP contribution in [-0.2, 0) is 7.05 Å². The number of aromatic nitrogens is 1. The Bertz CT molecular complexity index is 1650. The van der Waals surface area contributed by atoms with Gasteiger partial charge in [0.2, 0.25) is 5.69 Å². The average Bonchev–Trinajstić information content (AvgIpc) is 3.34. The second-order valence-electron chi connectivity index (χ2n) is 11.7. The molecule has 0 saturated heterocycles. The molecule has 2 aromatic heterocycles. The molecule has 0 bridgehead atoms. The summed E-state index contributed by atoms with van der Waals surface area (Å²) >= 11 is 0. The summed E-state index contributed by atoms with van der Waals surface area (Å²) in [5.41, 5.74) is 8.02. The first-order valence-electron chi connectivity index (χ1n) is 14.3. The van der Waals surface area contributed by atoms with E-state index in [1.807, 2.05) is 37.5 Å². The maximum absolute atomic E-state index is 15.3. The van der Waals surface area contributed by atoms with Crippen molar-refractivity contribution < 1.29 is 13.4 Å². The van der Waals surface area contributed by atoms with Crippen molar-refractivity contribution in [2.24, 2.45) is 18.9 Å². The summed E-state index contributed by atoms with van der Waals surface area (Å²) in [5, 5.41) is 1.39. The van der Waals surface area contributed by atoms with Crippen molar-refractivity contribution in [3.05, 3.63) is 89.9 Å². The Hall–Kier alpha value is -3.46. The molecule has 38 heavy (non-hydrogen) atoms. The molecule has 0 spiro atoms. The highest BCUT2D eigenvalue weighted by Crippen LogP contribution is 2.47. The standard InChI is InChI=1S/C35H35FNO/c1-22-10-17-29-33-30(36)19-18-28(34(33)38-35(29)32(22)31-9-5-6-20-37(31)2)25-14-11-24(12-15-25)27-16-13-23-7-3-4-8-26(23)21-27/h5-6,9-12,14-15,17-20,23,26-27H,3-4,7-8,13,16,21H2,1-2H3/q+1. The van der Waals surface area contributed by atoms with Gasteiger partial charge in [0.05, 0.1) is 10.9 Å². The number of furan rings is 1. The SMILES string of the molecule is Cc1ccc2c(oc3c(-c4ccc(C5CCC6CCCCC6C5)cc4)ccc(F)c32)c1-c1cccc[n+]1C. The normalized spacial score (nSPS) is 21.6. The molecule has 2 heterocycles. The first-order chi connectivity index (χ1) is 18.6. The quantitative estimate of drug-likeness (QED) is 0.224. The maximum atomic E-state index is 15.3. The first-order valence-corrected chi connectivity index (χ1v) is 14.3. The van der Waals surface area contributed by atoms with Gasteiger partial charge < -0.3 is 4.42 Å². The van der Waals surface area contributed by atoms with Crippen LogP contribution in [0, 0.1) is 24.6 Å². The van der Waals surface area contributed by atoms with Crippen LogP contribution in [0.25, 0.3) is 44.3 Å². The van der Waals surface area contributed by atoms with Gasteiger partial charge in [-0.1, -0.05) is 62.1 Å². The third-order valence-corrected chi connectivity index (χ3v) is 9.49. The van der Waals surface area contributed by atoms with Crippen molar-refractivity contribution in [3.63, 3.8) is 0 Å². The van der Waals surface area contributed by atoms with Crippen molar-refractivity contribution in [1.82, 2.24) is 0 Å². The third-order valence-electron chi connectivity index (χ3n) is 9.49. The Balaban J connectivity index is 1.30. The molecule has 3 aromatic carbocycles. The number of fused-ring (bicyclic) bond motifs is 4. The molecule has 3 atom stereocenters. The molecule has 2 nitrogen and oxygen atoms in total. The van der Waals surface area contributed by atoms with Gasteiger partial charge in [-0.15, -0.1) is 0 Å². The van der Waals surface area contributed by atoms with E-state index in [-0.39, 0.29) is 5.82 Å². The van der Waals surface area contributed by atoms with Crippen LogP contribution in [0.3, 0.4) is 0 Å². The van der Waals surface area contributed by atoms with Crippen LogP contribution in [0.15, 0.2) is 77.3 Å². The Morgan fingerprint density at radius 3 is 2.45 bits per heavy atom. The van der Waals surface area contributed by atoms with Gasteiger partial charge in [-0.2, -0.15) is 0 Å². The molecule has 2 aliphatic rings. The van der Waals surface area contributed by atoms with Crippen LogP contribution in [0.1, 0.15) is 62.0 Å². The molecule has 3 unspecified atom stereocenters. The zero-order chi connectivity index (χ0) is 25.8. The maximum Gasteiger partial charge on any atom is 0.216 e. The minimum absolute atomic E-state index is 0.240. The van der Waals surface area contributed by atoms with Crippen molar-refractivity contribution in [2.45, 2.75) is 57.8 Å². The fraction of sp³-hybridized carbons (Fsp3) is 0.343. The molecule has 0 amide bonds. The number of benzene rings is 3. The summed E-state index contributed by atoms with van der Waals surface area (Å²) in [7, 11) is 2.03. The Morgan fingerprint density at radius 2 is 1.63 bits per heavy atom. The number of hydrogen-bond acceptors (Lipinski definition) is 1. The van der Waals surface area contributed by atoms with Crippen molar-refractivity contribution >= 4 is 21.9 Å². The molecule has 5 aromatic rings. The smallest absolute Gasteiger partial charge is 0.216 e. The zero-order valence-corrected chi connectivity index (χ0v) is 22.3. The van der Waals surface area contributed by atoms with Crippen molar-refractivity contribution in [3.8, 4) is 22.4 Å². The minimum Gasteiger partial charge on any atom is -0.454 e. The van der Waals surface area contributed by atoms with E-state index in [0.29, 0.717) is 16.9 Å². The molecule has 0 aliphatic heterocycles. The Labute approximate surface area is 224 Å². The van der Waals surface area contributed by atoms with Gasteiger partial charge in [0.1, 0.15) is 24.0 Å². The largest absolute Gasteiger partial charge is 0.454 e. The molecule has 0 N–H and O–H groups in total. The number of halogens is 1. The van der Waals surface area contributed by atoms with E-state index in [1.54, 1.807) is 6.07 Å². The van der Waals surface area contributed by atoms with Crippen LogP contribution in [0.2, 0.25) is 0 Å². The Kier molecular flexibility index (Phi) is 5.83. The van der Waals surface area contributed by atoms with Crippen LogP contribution >= 0.6 is 0 Å². The van der Waals surface area contributed by atoms with E-state index in [1.165, 1.54) is 50.5 Å². The molecule has 0 radical (unpaired) electrons. The topological polar surface area (TPSA) is 17.0 Å². The molecule has 2 fully saturated rings. The average molecular weight is 505 g/mol. The predicted octanol–water partition coefficient (Wildman–Crippen LogP) is 9.27. The van der Waals surface area contributed by atoms with Crippen LogP contribution in [0.4, 0.5) is 4.39 Å². The summed E-state index contributed by atoms with van der Waals surface area (Å²) in [6.45, 7) is 2.09. The highest BCUT2D eigenvalue weighted by molar-refractivity contribution is 6.13. The molecule has 3 heteroatoms. The van der Waals surface area contributed by atoms with Gasteiger partial charge in [0.15, 0.2) is 6.20 Å². The summed E-state index contributed by atoms with van der Waals surface area (Å²) in [6, 6.07) is 22.7. The highest BCUT2D eigenvalue weighted by Gasteiger charge is 2.32. The van der Waals surface area contributed by atoms with Gasteiger partial charge in [-0.25, -0.2) is 8.96 Å². The van der Waals surface area contributed by atoms with Crippen molar-refractivity contribution in [2.75, 3.05) is 0 Å². The van der Waals surface area contributed by atoms with E-state index in [2.05, 4.69) is 47.9 Å². The van der Waals surface area contributed by atoms with Crippen LogP contribution in [-0.4, -0.2) is 0 Å². The summed E-state index contributed by atoms with van der Waals surface area (Å²) < 4.78 is 24.0. The second-order valence-corrected chi connectivity index (χ2v) is 11.7. The minimum atomic E-state index is -0.240. The van der Waals surface area contributed by atoms with Crippen molar-refractivity contribution in [1.29, 1.82) is 0 Å². The van der Waals surface area contributed by atoms with Gasteiger partial charge in [-0.05, 0) is 78.8 Å². The fourth-order valence-corrected chi connectivity index (χ4v) is 7.44. The lowest BCUT2D eigenvalue weighted by Gasteiger charge is -2.39. The van der Waals surface area contributed by atoms with Crippen LogP contribution in [0.5, 0.6) is 0 Å². The van der Waals surface area contributed by atoms with E-state index < -0.39 is 0 Å². The highest BCUT2D eigenvalue weighted by atomic mass is 19.1. The number of pyridine rings is 1. The molecular formula is C35H35FNO+. The zero-order valence-electron chi connectivity index (χ0n) is 22.3. The predicted molar refractivity (Wildman–Crippen MR) is 153 cm³/mol. The summed E-state index contributed by atoms with van der Waals surface area (Å²) in [6.07, 6.45) is 11.8. The molecule has 2 saturated carbocycles. The van der Waals surface area contributed by atoms with Crippen LogP contribution < -0.4 is 4.57 Å². The summed E-state index contributed by atoms with van der Waals surface area (Å²) in [4.78, 5) is 0. The molecule has 2 aliphatic carbocycles. The number of nitrogens with zero attached hydrogens (tertiary/aromatic N) is 1. The van der Waals surface area contributed by atoms with E-state index in [9.17, 15) is 0 Å². The lowest BCUT2D eigenvalue weighted by atomic mass is 9.66. The fourth-order valence-electron chi connectivity index (χ4n) is 7.44. The number of rotatable bonds is 3. The van der Waals surface area contributed by atoms with E-state index >= 15 is 4.39 Å². The number of aryl methyl sites for hydroxylation is 2. The Morgan fingerprint density at radius 1 is 0.816 bits per heavy atom. The van der Waals surface area contributed by atoms with E-state index in [4.69, 9.17) is 4.42 Å². The van der Waals surface area contributed by atoms with Gasteiger partial charge in [0, 0.05) is 23.1 Å². The second kappa shape index (κ2) is 9.38. The third kappa shape index (κ3) is 3.86. The lowest BCUT2D eigenvalue weighted by molar-refractivity contribution is -0.660. The lowest BCUT2D eigenvalue weighted by Crippen LogP contribution is -2.30. The molecular weight excluding hydrogens is 469 g/mol. The molecule has 7 rings (SSSR count). The van der Waals surface area contributed by atoms with Gasteiger partial charge >= 0.3 is 0 Å². The molecule has 192 valence electrons. The summed E-state index contributed by atoms with van der Waals surface area (Å²) in [5.74, 6) is 2.31. The first kappa shape index (κ1) is 23.6. The van der Waals surface area contributed by atoms with E-state index in [0.717, 1.165) is 50.8 Å². The van der Waals surface area contributed by atoms with Gasteiger partial charge in [-0.3, -0.25) is 0 Å². The van der Waals surface area contributed by atoms with Gasteiger partial charge in [0.25, 0.3) is 0 Å². The number of hydrogen-bond donors (Lipinski definition) is 0.